The van der Waals surface area contributed by atoms with Crippen LogP contribution in [0.15, 0.2) is 0 Å². The van der Waals surface area contributed by atoms with Crippen molar-refractivity contribution in [2.45, 2.75) is 37.8 Å². The third-order valence-electron chi connectivity index (χ3n) is 2.72. The van der Waals surface area contributed by atoms with Gasteiger partial charge < -0.3 is 10.1 Å². The zero-order valence-corrected chi connectivity index (χ0v) is 7.38. The maximum atomic E-state index is 11.3. The fourth-order valence-corrected chi connectivity index (χ4v) is 1.54. The van der Waals surface area contributed by atoms with Gasteiger partial charge in [0, 0.05) is 19.1 Å². The maximum absolute atomic E-state index is 11.3. The fraction of sp³-hybridized carbons (Fsp3) is 0.889. The van der Waals surface area contributed by atoms with Crippen molar-refractivity contribution in [1.29, 1.82) is 0 Å². The van der Waals surface area contributed by atoms with Gasteiger partial charge in [0.15, 0.2) is 0 Å². The molecule has 0 atom stereocenters. The molecular formula is C9H15NO2. The number of carbonyl (C=O) groups is 1. The van der Waals surface area contributed by atoms with Gasteiger partial charge in [-0.3, -0.25) is 4.79 Å². The zero-order valence-electron chi connectivity index (χ0n) is 7.38. The van der Waals surface area contributed by atoms with Crippen molar-refractivity contribution in [1.82, 2.24) is 5.32 Å². The van der Waals surface area contributed by atoms with Gasteiger partial charge in [0.1, 0.15) is 0 Å². The number of hydrogen-bond donors (Lipinski definition) is 1. The van der Waals surface area contributed by atoms with Crippen LogP contribution in [0.1, 0.15) is 25.7 Å². The van der Waals surface area contributed by atoms with Crippen LogP contribution in [0.4, 0.5) is 0 Å². The van der Waals surface area contributed by atoms with E-state index >= 15 is 0 Å². The van der Waals surface area contributed by atoms with Crippen LogP contribution in [-0.4, -0.2) is 25.2 Å². The van der Waals surface area contributed by atoms with Crippen molar-refractivity contribution < 1.29 is 9.53 Å². The minimum absolute atomic E-state index is 0.259. The monoisotopic (exact) mass is 169 g/mol. The van der Waals surface area contributed by atoms with Crippen molar-refractivity contribution >= 4 is 5.91 Å². The Morgan fingerprint density at radius 1 is 1.42 bits per heavy atom. The Balaban J connectivity index is 1.65. The Hall–Kier alpha value is -0.570. The third-order valence-corrected chi connectivity index (χ3v) is 2.72. The standard InChI is InChI=1S/C9H15NO2/c1-12-8-4-7(5-8)10-9(11)6-2-3-6/h6-8H,2-5H2,1H3,(H,10,11). The van der Waals surface area contributed by atoms with Crippen LogP contribution < -0.4 is 5.32 Å². The summed E-state index contributed by atoms with van der Waals surface area (Å²) in [7, 11) is 1.73. The Morgan fingerprint density at radius 2 is 2.08 bits per heavy atom. The summed E-state index contributed by atoms with van der Waals surface area (Å²) in [5, 5.41) is 3.02. The highest BCUT2D eigenvalue weighted by molar-refractivity contribution is 5.81. The van der Waals surface area contributed by atoms with Gasteiger partial charge in [-0.15, -0.1) is 0 Å². The van der Waals surface area contributed by atoms with Gasteiger partial charge in [-0.1, -0.05) is 0 Å². The van der Waals surface area contributed by atoms with Gasteiger partial charge in [-0.25, -0.2) is 0 Å². The summed E-state index contributed by atoms with van der Waals surface area (Å²) in [6.45, 7) is 0. The molecule has 1 amide bonds. The van der Waals surface area contributed by atoms with Gasteiger partial charge in [-0.05, 0) is 25.7 Å². The SMILES string of the molecule is COC1CC(NC(=O)C2CC2)C1. The molecule has 0 radical (unpaired) electrons. The van der Waals surface area contributed by atoms with E-state index in [1.807, 2.05) is 0 Å². The minimum atomic E-state index is 0.259. The molecule has 3 heteroatoms. The molecule has 1 N–H and O–H groups in total. The van der Waals surface area contributed by atoms with Gasteiger partial charge in [0.05, 0.1) is 6.10 Å². The number of amides is 1. The van der Waals surface area contributed by atoms with Crippen LogP contribution in [-0.2, 0) is 9.53 Å². The summed E-state index contributed by atoms with van der Waals surface area (Å²) < 4.78 is 5.12. The van der Waals surface area contributed by atoms with Gasteiger partial charge in [0.2, 0.25) is 5.91 Å². The number of ether oxygens (including phenoxy) is 1. The van der Waals surface area contributed by atoms with Crippen LogP contribution in [0.2, 0.25) is 0 Å². The molecule has 0 aromatic rings. The lowest BCUT2D eigenvalue weighted by atomic mass is 9.89. The van der Waals surface area contributed by atoms with Gasteiger partial charge in [0.25, 0.3) is 0 Å². The van der Waals surface area contributed by atoms with Gasteiger partial charge >= 0.3 is 0 Å². The largest absolute Gasteiger partial charge is 0.381 e. The van der Waals surface area contributed by atoms with E-state index < -0.39 is 0 Å². The maximum Gasteiger partial charge on any atom is 0.223 e. The van der Waals surface area contributed by atoms with E-state index in [-0.39, 0.29) is 5.91 Å². The van der Waals surface area contributed by atoms with Crippen LogP contribution in [0.5, 0.6) is 0 Å². The second kappa shape index (κ2) is 3.05. The normalized spacial score (nSPS) is 34.1. The summed E-state index contributed by atoms with van der Waals surface area (Å²) in [6.07, 6.45) is 4.55. The first-order valence-corrected chi connectivity index (χ1v) is 4.62. The molecule has 0 spiro atoms. The number of nitrogens with one attached hydrogen (secondary N) is 1. The first-order valence-electron chi connectivity index (χ1n) is 4.62. The first-order chi connectivity index (χ1) is 5.79. The predicted molar refractivity (Wildman–Crippen MR) is 44.7 cm³/mol. The number of hydrogen-bond acceptors (Lipinski definition) is 2. The van der Waals surface area contributed by atoms with Gasteiger partial charge in [-0.2, -0.15) is 0 Å². The Kier molecular flexibility index (Phi) is 2.05. The smallest absolute Gasteiger partial charge is 0.223 e. The molecule has 0 bridgehead atoms. The summed E-state index contributed by atoms with van der Waals surface area (Å²) in [5.41, 5.74) is 0. The molecule has 0 aromatic carbocycles. The highest BCUT2D eigenvalue weighted by Gasteiger charge is 2.35. The van der Waals surface area contributed by atoms with Crippen molar-refractivity contribution in [2.24, 2.45) is 5.92 Å². The van der Waals surface area contributed by atoms with Crippen LogP contribution in [0, 0.1) is 5.92 Å². The minimum Gasteiger partial charge on any atom is -0.381 e. The summed E-state index contributed by atoms with van der Waals surface area (Å²) >= 11 is 0. The van der Waals surface area contributed by atoms with E-state index in [1.165, 1.54) is 0 Å². The second-order valence-electron chi connectivity index (χ2n) is 3.81. The van der Waals surface area contributed by atoms with Crippen molar-refractivity contribution in [3.63, 3.8) is 0 Å². The Bertz CT molecular complexity index is 183. The Morgan fingerprint density at radius 3 is 2.58 bits per heavy atom. The predicted octanol–water partition coefficient (Wildman–Crippen LogP) is 0.690. The second-order valence-corrected chi connectivity index (χ2v) is 3.81. The lowest BCUT2D eigenvalue weighted by Crippen LogP contribution is -2.47. The zero-order chi connectivity index (χ0) is 8.55. The lowest BCUT2D eigenvalue weighted by Gasteiger charge is -2.34. The van der Waals surface area contributed by atoms with E-state index in [1.54, 1.807) is 7.11 Å². The molecular weight excluding hydrogens is 154 g/mol. The van der Waals surface area contributed by atoms with Crippen LogP contribution in [0.3, 0.4) is 0 Å². The lowest BCUT2D eigenvalue weighted by molar-refractivity contribution is -0.124. The molecule has 2 rings (SSSR count). The highest BCUT2D eigenvalue weighted by Crippen LogP contribution is 2.30. The molecule has 0 unspecified atom stereocenters. The Labute approximate surface area is 72.5 Å². The number of rotatable bonds is 3. The van der Waals surface area contributed by atoms with Crippen molar-refractivity contribution in [3.8, 4) is 0 Å². The fourth-order valence-electron chi connectivity index (χ4n) is 1.54. The molecule has 2 aliphatic rings. The summed E-state index contributed by atoms with van der Waals surface area (Å²) in [4.78, 5) is 11.3. The average Bonchev–Trinajstić information content (AvgIpc) is 2.76. The van der Waals surface area contributed by atoms with Crippen LogP contribution >= 0.6 is 0 Å². The van der Waals surface area contributed by atoms with Crippen LogP contribution in [0.25, 0.3) is 0 Å². The molecule has 0 saturated heterocycles. The van der Waals surface area contributed by atoms with E-state index in [2.05, 4.69) is 5.32 Å². The topological polar surface area (TPSA) is 38.3 Å². The van der Waals surface area contributed by atoms with Crippen molar-refractivity contribution in [2.75, 3.05) is 7.11 Å². The molecule has 68 valence electrons. The molecule has 0 heterocycles. The average molecular weight is 169 g/mol. The van der Waals surface area contributed by atoms with E-state index in [9.17, 15) is 4.79 Å². The van der Waals surface area contributed by atoms with E-state index in [4.69, 9.17) is 4.74 Å². The molecule has 0 aliphatic heterocycles. The first kappa shape index (κ1) is 8.05. The highest BCUT2D eigenvalue weighted by atomic mass is 16.5. The van der Waals surface area contributed by atoms with E-state index in [0.717, 1.165) is 25.7 Å². The number of carbonyl (C=O) groups excluding carboxylic acids is 1. The third kappa shape index (κ3) is 1.61. The molecule has 2 fully saturated rings. The molecule has 3 nitrogen and oxygen atoms in total. The summed E-state index contributed by atoms with van der Waals surface area (Å²) in [6, 6.07) is 0.392. The molecule has 0 aromatic heterocycles. The molecule has 2 aliphatic carbocycles. The number of methoxy groups -OCH3 is 1. The molecule has 12 heavy (non-hydrogen) atoms. The summed E-state index contributed by atoms with van der Waals surface area (Å²) in [5.74, 6) is 0.598. The quantitative estimate of drug-likeness (QED) is 0.675. The van der Waals surface area contributed by atoms with E-state index in [0.29, 0.717) is 18.1 Å². The van der Waals surface area contributed by atoms with Crippen molar-refractivity contribution in [3.05, 3.63) is 0 Å². The molecule has 2 saturated carbocycles.